The quantitative estimate of drug-likeness (QED) is 0.346. The van der Waals surface area contributed by atoms with Crippen LogP contribution in [0.15, 0.2) is 49.1 Å². The van der Waals surface area contributed by atoms with Crippen molar-refractivity contribution < 1.29 is 14.3 Å². The number of likely N-dealkylation sites (tertiary alicyclic amines) is 1. The van der Waals surface area contributed by atoms with Crippen LogP contribution < -0.4 is 19.3 Å². The summed E-state index contributed by atoms with van der Waals surface area (Å²) < 4.78 is 13.0. The highest BCUT2D eigenvalue weighted by Gasteiger charge is 2.40. The van der Waals surface area contributed by atoms with E-state index in [0.29, 0.717) is 54.7 Å². The smallest absolute Gasteiger partial charge is 0.320 e. The van der Waals surface area contributed by atoms with Crippen molar-refractivity contribution in [1.29, 1.82) is 5.26 Å². The number of aromatic nitrogens is 2. The highest BCUT2D eigenvalue weighted by Crippen LogP contribution is 2.47. The second-order valence-corrected chi connectivity index (χ2v) is 12.2. The summed E-state index contributed by atoms with van der Waals surface area (Å²) in [6.07, 6.45) is 3.43. The molecule has 0 spiro atoms. The third-order valence-corrected chi connectivity index (χ3v) is 9.47. The number of hydrogen-bond donors (Lipinski definition) is 0. The van der Waals surface area contributed by atoms with Crippen LogP contribution in [-0.2, 0) is 4.79 Å². The molecule has 11 heteroatoms. The fourth-order valence-electron chi connectivity index (χ4n) is 6.85. The number of amides is 1. The molecule has 4 heterocycles. The lowest BCUT2D eigenvalue weighted by molar-refractivity contribution is -0.128. The summed E-state index contributed by atoms with van der Waals surface area (Å²) in [5, 5.41) is 12.3. The average Bonchev–Trinajstić information content (AvgIpc) is 3.44. The number of rotatable bonds is 7. The van der Waals surface area contributed by atoms with E-state index >= 15 is 0 Å². The zero-order valence-electron chi connectivity index (χ0n) is 25.4. The maximum absolute atomic E-state index is 12.6. The van der Waals surface area contributed by atoms with Crippen LogP contribution in [0.2, 0.25) is 5.02 Å². The van der Waals surface area contributed by atoms with Crippen LogP contribution in [0.25, 0.3) is 10.8 Å². The highest BCUT2D eigenvalue weighted by molar-refractivity contribution is 6.35. The maximum atomic E-state index is 12.6. The molecule has 44 heavy (non-hydrogen) atoms. The van der Waals surface area contributed by atoms with E-state index < -0.39 is 0 Å². The van der Waals surface area contributed by atoms with Gasteiger partial charge in [-0.05, 0) is 56.4 Å². The number of hydrogen-bond acceptors (Lipinski definition) is 9. The molecule has 0 bridgehead atoms. The molecule has 2 aromatic carbocycles. The Hall–Kier alpha value is -4.07. The molecule has 3 aliphatic rings. The van der Waals surface area contributed by atoms with Crippen LogP contribution in [0, 0.1) is 11.3 Å². The minimum atomic E-state index is -0.314. The molecular weight excluding hydrogens is 578 g/mol. The van der Waals surface area contributed by atoms with Crippen molar-refractivity contribution in [1.82, 2.24) is 19.8 Å². The van der Waals surface area contributed by atoms with Gasteiger partial charge in [-0.1, -0.05) is 48.5 Å². The van der Waals surface area contributed by atoms with E-state index in [1.807, 2.05) is 32.2 Å². The normalized spacial score (nSPS) is 23.7. The van der Waals surface area contributed by atoms with Gasteiger partial charge in [-0.2, -0.15) is 15.2 Å². The molecule has 1 unspecified atom stereocenters. The summed E-state index contributed by atoms with van der Waals surface area (Å²) in [6, 6.07) is 14.5. The summed E-state index contributed by atoms with van der Waals surface area (Å²) >= 11 is 6.76. The lowest BCUT2D eigenvalue weighted by Gasteiger charge is -2.44. The molecule has 2 saturated heterocycles. The average molecular weight is 616 g/mol. The summed E-state index contributed by atoms with van der Waals surface area (Å²) in [7, 11) is 4.13. The lowest BCUT2D eigenvalue weighted by Crippen LogP contribution is -2.55. The van der Waals surface area contributed by atoms with Crippen LogP contribution in [0.3, 0.4) is 0 Å². The van der Waals surface area contributed by atoms with Gasteiger partial charge in [0.2, 0.25) is 11.7 Å². The topological polar surface area (TPSA) is 98.1 Å². The number of carbonyl (C=O) groups is 1. The number of likely N-dealkylation sites (N-methyl/N-ethyl adjacent to an activating group) is 2. The van der Waals surface area contributed by atoms with Gasteiger partial charge < -0.3 is 29.1 Å². The largest absolute Gasteiger partial charge is 0.481 e. The summed E-state index contributed by atoms with van der Waals surface area (Å²) in [4.78, 5) is 30.6. The van der Waals surface area contributed by atoms with Gasteiger partial charge in [0.25, 0.3) is 0 Å². The molecule has 3 aliphatic heterocycles. The van der Waals surface area contributed by atoms with Crippen molar-refractivity contribution in [3.63, 3.8) is 0 Å². The molecule has 1 amide bonds. The van der Waals surface area contributed by atoms with Crippen molar-refractivity contribution in [3.8, 4) is 17.8 Å². The predicted octanol–water partition coefficient (Wildman–Crippen LogP) is 4.83. The van der Waals surface area contributed by atoms with Crippen LogP contribution in [-0.4, -0.2) is 90.7 Å². The first-order valence-electron chi connectivity index (χ1n) is 15.2. The number of piperazine rings is 1. The molecule has 6 rings (SSSR count). The monoisotopic (exact) mass is 615 g/mol. The number of ether oxygens (including phenoxy) is 2. The van der Waals surface area contributed by atoms with Gasteiger partial charge in [-0.3, -0.25) is 4.79 Å². The standard InChI is InChI=1S/C33H38ClN7O3/c1-5-27(42)41-18-17-40(19-23(41)14-15-35)32-30-31(36-33(37-32)43-20-24-11-8-16-38(24)3)39(4)29(21(2)44-30)25-12-6-9-22-10-7-13-26(34)28(22)25/h5-7,9-10,12-13,21,23-24,29H,1,8,11,14,16-20H2,2-4H3/t21-,23+,24+,29?/m1/s1. The zero-order chi connectivity index (χ0) is 31.0. The van der Waals surface area contributed by atoms with Gasteiger partial charge in [0.05, 0.1) is 24.6 Å². The number of halogens is 1. The Morgan fingerprint density at radius 1 is 1.16 bits per heavy atom. The highest BCUT2D eigenvalue weighted by atomic mass is 35.5. The molecule has 230 valence electrons. The third kappa shape index (κ3) is 5.51. The molecule has 0 radical (unpaired) electrons. The van der Waals surface area contributed by atoms with Gasteiger partial charge in [0.15, 0.2) is 11.6 Å². The van der Waals surface area contributed by atoms with Crippen LogP contribution in [0.5, 0.6) is 11.8 Å². The van der Waals surface area contributed by atoms with Crippen molar-refractivity contribution in [3.05, 3.63) is 59.6 Å². The summed E-state index contributed by atoms with van der Waals surface area (Å²) in [5.41, 5.74) is 1.05. The molecule has 0 saturated carbocycles. The van der Waals surface area contributed by atoms with Gasteiger partial charge >= 0.3 is 6.01 Å². The number of fused-ring (bicyclic) bond motifs is 2. The Morgan fingerprint density at radius 2 is 1.93 bits per heavy atom. The number of carbonyl (C=O) groups excluding carboxylic acids is 1. The van der Waals surface area contributed by atoms with E-state index in [-0.39, 0.29) is 36.5 Å². The first kappa shape index (κ1) is 30.0. The van der Waals surface area contributed by atoms with E-state index in [4.69, 9.17) is 31.0 Å². The van der Waals surface area contributed by atoms with Crippen LogP contribution in [0.4, 0.5) is 11.6 Å². The Balaban J connectivity index is 1.40. The van der Waals surface area contributed by atoms with Crippen LogP contribution in [0.1, 0.15) is 37.8 Å². The van der Waals surface area contributed by atoms with E-state index in [2.05, 4.69) is 52.6 Å². The van der Waals surface area contributed by atoms with Crippen molar-refractivity contribution in [2.24, 2.45) is 0 Å². The molecule has 1 aromatic heterocycles. The van der Waals surface area contributed by atoms with Gasteiger partial charge in [-0.25, -0.2) is 0 Å². The van der Waals surface area contributed by atoms with E-state index in [9.17, 15) is 10.1 Å². The van der Waals surface area contributed by atoms with Crippen molar-refractivity contribution >= 4 is 39.9 Å². The maximum Gasteiger partial charge on any atom is 0.320 e. The van der Waals surface area contributed by atoms with Crippen LogP contribution >= 0.6 is 11.6 Å². The number of anilines is 2. The molecule has 4 atom stereocenters. The Kier molecular flexibility index (Phi) is 8.52. The van der Waals surface area contributed by atoms with E-state index in [0.717, 1.165) is 35.7 Å². The number of nitrogens with zero attached hydrogens (tertiary/aromatic N) is 7. The minimum Gasteiger partial charge on any atom is -0.481 e. The van der Waals surface area contributed by atoms with Gasteiger partial charge in [-0.15, -0.1) is 0 Å². The second-order valence-electron chi connectivity index (χ2n) is 11.8. The van der Waals surface area contributed by atoms with Crippen molar-refractivity contribution in [2.45, 2.75) is 50.4 Å². The third-order valence-electron chi connectivity index (χ3n) is 9.16. The molecule has 0 N–H and O–H groups in total. The SMILES string of the molecule is C=CC(=O)N1CCN(c2nc(OC[C@@H]3CCCN3C)nc3c2O[C@H](C)C(c2cccc4cccc(Cl)c24)N3C)C[C@@H]1CC#N. The molecular formula is C33H38ClN7O3. The molecule has 10 nitrogen and oxygen atoms in total. The fraction of sp³-hybridized carbons (Fsp3) is 0.455. The summed E-state index contributed by atoms with van der Waals surface area (Å²) in [6.45, 7) is 8.58. The first-order chi connectivity index (χ1) is 21.3. The molecule has 0 aliphatic carbocycles. The Labute approximate surface area is 263 Å². The fourth-order valence-corrected chi connectivity index (χ4v) is 7.15. The van der Waals surface area contributed by atoms with E-state index in [1.165, 1.54) is 6.08 Å². The number of benzene rings is 2. The van der Waals surface area contributed by atoms with Gasteiger partial charge in [0.1, 0.15) is 12.7 Å². The Bertz CT molecular complexity index is 1600. The van der Waals surface area contributed by atoms with Crippen molar-refractivity contribution in [2.75, 3.05) is 56.7 Å². The summed E-state index contributed by atoms with van der Waals surface area (Å²) in [5.74, 6) is 1.61. The zero-order valence-corrected chi connectivity index (χ0v) is 26.2. The predicted molar refractivity (Wildman–Crippen MR) is 172 cm³/mol. The number of nitriles is 1. The Morgan fingerprint density at radius 3 is 2.66 bits per heavy atom. The second kappa shape index (κ2) is 12.5. The minimum absolute atomic E-state index is 0.180. The molecule has 2 fully saturated rings. The van der Waals surface area contributed by atoms with E-state index in [1.54, 1.807) is 4.90 Å². The molecule has 3 aromatic rings. The van der Waals surface area contributed by atoms with Gasteiger partial charge in [0, 0.05) is 43.1 Å². The first-order valence-corrected chi connectivity index (χ1v) is 15.5. The lowest BCUT2D eigenvalue weighted by atomic mass is 9.93.